The Morgan fingerprint density at radius 1 is 1.31 bits per heavy atom. The number of ether oxygens (including phenoxy) is 1. The first-order valence-electron chi connectivity index (χ1n) is 10.0. The van der Waals surface area contributed by atoms with Crippen molar-refractivity contribution in [3.8, 4) is 23.0 Å². The molecule has 0 spiro atoms. The number of methoxy groups -OCH3 is 1. The average molecular weight is 434 g/mol. The van der Waals surface area contributed by atoms with Crippen molar-refractivity contribution in [2.75, 3.05) is 25.1 Å². The van der Waals surface area contributed by atoms with Crippen molar-refractivity contribution in [3.05, 3.63) is 59.2 Å². The summed E-state index contributed by atoms with van der Waals surface area (Å²) in [6.45, 7) is 1.05. The van der Waals surface area contributed by atoms with Crippen molar-refractivity contribution in [1.82, 2.24) is 20.1 Å². The van der Waals surface area contributed by atoms with Gasteiger partial charge in [-0.2, -0.15) is 10.4 Å². The molecule has 1 saturated heterocycles. The number of benzene rings is 1. The molecule has 1 aromatic carbocycles. The molecule has 3 aromatic rings. The maximum absolute atomic E-state index is 14.7. The normalized spacial score (nSPS) is 19.7. The topological polar surface area (TPSA) is 116 Å². The number of hydrogen-bond acceptors (Lipinski definition) is 7. The molecule has 2 aromatic heterocycles. The van der Waals surface area contributed by atoms with Crippen LogP contribution in [0.3, 0.4) is 0 Å². The Balaban J connectivity index is 1.61. The van der Waals surface area contributed by atoms with Crippen molar-refractivity contribution in [1.29, 1.82) is 5.26 Å². The van der Waals surface area contributed by atoms with E-state index < -0.39 is 11.9 Å². The van der Waals surface area contributed by atoms with Crippen LogP contribution in [-0.4, -0.2) is 58.2 Å². The number of amides is 1. The van der Waals surface area contributed by atoms with E-state index in [9.17, 15) is 19.6 Å². The first kappa shape index (κ1) is 20.1. The SMILES string of the molecule is COC1CN(c2ccn(-c3cc(-c4c(F)cccc4C#N)nc4c3C(=O)NC4)n2)CC1O. The molecule has 0 bridgehead atoms. The molecule has 0 saturated carbocycles. The monoisotopic (exact) mass is 434 g/mol. The number of nitriles is 1. The Morgan fingerprint density at radius 3 is 2.91 bits per heavy atom. The number of aliphatic hydroxyl groups is 1. The van der Waals surface area contributed by atoms with Crippen LogP contribution in [0.15, 0.2) is 36.5 Å². The number of anilines is 1. The standard InChI is InChI=1S/C22H19FN6O3/c1-32-18-11-28(10-17(18)30)19-5-6-29(27-19)16-7-14(26-15-9-25-22(31)21(15)16)20-12(8-24)3-2-4-13(20)23/h2-7,17-18,30H,9-11H2,1H3,(H,25,31). The third-order valence-corrected chi connectivity index (χ3v) is 5.79. The second kappa shape index (κ2) is 7.71. The summed E-state index contributed by atoms with van der Waals surface area (Å²) in [4.78, 5) is 18.9. The van der Waals surface area contributed by atoms with Gasteiger partial charge in [-0.25, -0.2) is 14.1 Å². The van der Waals surface area contributed by atoms with Crippen LogP contribution in [0.25, 0.3) is 16.9 Å². The highest BCUT2D eigenvalue weighted by molar-refractivity contribution is 6.01. The summed E-state index contributed by atoms with van der Waals surface area (Å²) in [5.41, 5.74) is 1.73. The molecule has 0 radical (unpaired) electrons. The van der Waals surface area contributed by atoms with E-state index in [0.717, 1.165) is 0 Å². The van der Waals surface area contributed by atoms with Crippen LogP contribution in [0.2, 0.25) is 0 Å². The second-order valence-electron chi connectivity index (χ2n) is 7.67. The maximum atomic E-state index is 14.7. The Bertz CT molecular complexity index is 1270. The number of carbonyl (C=O) groups is 1. The van der Waals surface area contributed by atoms with Gasteiger partial charge in [0.1, 0.15) is 11.9 Å². The van der Waals surface area contributed by atoms with Crippen LogP contribution in [0.1, 0.15) is 21.6 Å². The molecular formula is C22H19FN6O3. The summed E-state index contributed by atoms with van der Waals surface area (Å²) in [7, 11) is 1.55. The fraction of sp³-hybridized carbons (Fsp3) is 0.273. The van der Waals surface area contributed by atoms with Gasteiger partial charge in [0, 0.05) is 32.5 Å². The Hall–Kier alpha value is -3.81. The number of carbonyl (C=O) groups excluding carboxylic acids is 1. The predicted octanol–water partition coefficient (Wildman–Crippen LogP) is 1.38. The molecule has 2 unspecified atom stereocenters. The van der Waals surface area contributed by atoms with Gasteiger partial charge in [-0.05, 0) is 18.2 Å². The van der Waals surface area contributed by atoms with Gasteiger partial charge in [-0.1, -0.05) is 6.07 Å². The molecule has 2 N–H and O–H groups in total. The molecule has 32 heavy (non-hydrogen) atoms. The average Bonchev–Trinajstić information content (AvgIpc) is 3.51. The van der Waals surface area contributed by atoms with Gasteiger partial charge in [-0.3, -0.25) is 4.79 Å². The first-order valence-corrected chi connectivity index (χ1v) is 10.0. The van der Waals surface area contributed by atoms with Crippen molar-refractivity contribution < 1.29 is 19.0 Å². The van der Waals surface area contributed by atoms with E-state index in [1.165, 1.54) is 22.9 Å². The molecule has 1 amide bonds. The summed E-state index contributed by atoms with van der Waals surface area (Å²) < 4.78 is 21.5. The van der Waals surface area contributed by atoms with Gasteiger partial charge in [0.05, 0.1) is 52.5 Å². The highest BCUT2D eigenvalue weighted by Gasteiger charge is 2.33. The number of β-amino-alcohol motifs (C(OH)–C–C–N with tert-alkyl or cyclic N) is 1. The van der Waals surface area contributed by atoms with Gasteiger partial charge >= 0.3 is 0 Å². The summed E-state index contributed by atoms with van der Waals surface area (Å²) in [6.07, 6.45) is 0.755. The molecule has 2 aliphatic heterocycles. The Morgan fingerprint density at radius 2 is 2.16 bits per heavy atom. The number of hydrogen-bond donors (Lipinski definition) is 2. The first-order chi connectivity index (χ1) is 15.5. The summed E-state index contributed by atoms with van der Waals surface area (Å²) in [5.74, 6) is -0.258. The number of fused-ring (bicyclic) bond motifs is 1. The largest absolute Gasteiger partial charge is 0.388 e. The molecule has 4 heterocycles. The smallest absolute Gasteiger partial charge is 0.255 e. The predicted molar refractivity (Wildman–Crippen MR) is 112 cm³/mol. The van der Waals surface area contributed by atoms with E-state index in [4.69, 9.17) is 4.74 Å². The lowest BCUT2D eigenvalue weighted by atomic mass is 10.0. The van der Waals surface area contributed by atoms with E-state index >= 15 is 0 Å². The van der Waals surface area contributed by atoms with Gasteiger partial charge in [0.2, 0.25) is 0 Å². The fourth-order valence-corrected chi connectivity index (χ4v) is 4.19. The minimum atomic E-state index is -0.627. The number of rotatable bonds is 4. The maximum Gasteiger partial charge on any atom is 0.255 e. The molecule has 9 nitrogen and oxygen atoms in total. The fourth-order valence-electron chi connectivity index (χ4n) is 4.19. The van der Waals surface area contributed by atoms with Gasteiger partial charge in [-0.15, -0.1) is 0 Å². The van der Waals surface area contributed by atoms with Crippen LogP contribution in [0, 0.1) is 17.1 Å². The molecule has 5 rings (SSSR count). The lowest BCUT2D eigenvalue weighted by Gasteiger charge is -2.15. The zero-order valence-electron chi connectivity index (χ0n) is 17.1. The number of aromatic nitrogens is 3. The Labute approximate surface area is 182 Å². The highest BCUT2D eigenvalue weighted by Crippen LogP contribution is 2.32. The van der Waals surface area contributed by atoms with Crippen molar-refractivity contribution >= 4 is 11.7 Å². The summed E-state index contributed by atoms with van der Waals surface area (Å²) in [6, 6.07) is 9.59. The molecular weight excluding hydrogens is 415 g/mol. The van der Waals surface area contributed by atoms with Crippen LogP contribution < -0.4 is 10.2 Å². The van der Waals surface area contributed by atoms with E-state index in [1.54, 1.807) is 25.4 Å². The highest BCUT2D eigenvalue weighted by atomic mass is 19.1. The second-order valence-corrected chi connectivity index (χ2v) is 7.67. The lowest BCUT2D eigenvalue weighted by Crippen LogP contribution is -2.25. The zero-order valence-corrected chi connectivity index (χ0v) is 17.1. The van der Waals surface area contributed by atoms with Crippen LogP contribution in [-0.2, 0) is 11.3 Å². The molecule has 162 valence electrons. The van der Waals surface area contributed by atoms with Crippen LogP contribution in [0.5, 0.6) is 0 Å². The van der Waals surface area contributed by atoms with Crippen LogP contribution >= 0.6 is 0 Å². The van der Waals surface area contributed by atoms with Gasteiger partial charge < -0.3 is 20.1 Å². The van der Waals surface area contributed by atoms with Gasteiger partial charge in [0.25, 0.3) is 5.91 Å². The van der Waals surface area contributed by atoms with E-state index in [0.29, 0.717) is 35.9 Å². The molecule has 2 atom stereocenters. The van der Waals surface area contributed by atoms with Crippen molar-refractivity contribution in [2.45, 2.75) is 18.8 Å². The Kier molecular flexibility index (Phi) is 4.84. The molecule has 10 heteroatoms. The zero-order chi connectivity index (χ0) is 22.4. The van der Waals surface area contributed by atoms with E-state index in [1.807, 2.05) is 11.0 Å². The van der Waals surface area contributed by atoms with Crippen molar-refractivity contribution in [2.24, 2.45) is 0 Å². The lowest BCUT2D eigenvalue weighted by molar-refractivity contribution is 0.0217. The number of aliphatic hydroxyl groups excluding tert-OH is 1. The molecule has 2 aliphatic rings. The quantitative estimate of drug-likeness (QED) is 0.637. The third kappa shape index (κ3) is 3.19. The van der Waals surface area contributed by atoms with E-state index in [-0.39, 0.29) is 35.4 Å². The van der Waals surface area contributed by atoms with Gasteiger partial charge in [0.15, 0.2) is 5.82 Å². The third-order valence-electron chi connectivity index (χ3n) is 5.79. The van der Waals surface area contributed by atoms with Crippen molar-refractivity contribution in [3.63, 3.8) is 0 Å². The number of nitrogens with one attached hydrogen (secondary N) is 1. The van der Waals surface area contributed by atoms with Crippen LogP contribution in [0.4, 0.5) is 10.2 Å². The number of halogens is 1. The van der Waals surface area contributed by atoms with E-state index in [2.05, 4.69) is 15.4 Å². The minimum absolute atomic E-state index is 0.0800. The summed E-state index contributed by atoms with van der Waals surface area (Å²) >= 11 is 0. The number of nitrogens with zero attached hydrogens (tertiary/aromatic N) is 5. The summed E-state index contributed by atoms with van der Waals surface area (Å²) in [5, 5.41) is 26.9. The molecule has 0 aliphatic carbocycles. The minimum Gasteiger partial charge on any atom is -0.388 e. The number of pyridine rings is 1. The molecule has 1 fully saturated rings.